The molecule has 0 aliphatic heterocycles. The lowest BCUT2D eigenvalue weighted by Gasteiger charge is -2.11. The standard InChI is InChI=1S/C24H20Br2N4O4/c1-13(31)27-17-7-9-21(19(25)11-17)29-23(33)15-3-5-16(6-4-15)24(34)30-22-10-8-18(12-20(22)26)28-14(2)32/h3-12H,1-2H3,(H,27,31)(H,28,32)(H,29,33)(H,30,34). The molecule has 174 valence electrons. The van der Waals surface area contributed by atoms with E-state index in [-0.39, 0.29) is 23.6 Å². The summed E-state index contributed by atoms with van der Waals surface area (Å²) in [7, 11) is 0. The van der Waals surface area contributed by atoms with E-state index in [1.807, 2.05) is 0 Å². The van der Waals surface area contributed by atoms with Crippen molar-refractivity contribution >= 4 is 78.2 Å². The summed E-state index contributed by atoms with van der Waals surface area (Å²) in [5.74, 6) is -1.09. The molecule has 0 saturated heterocycles. The van der Waals surface area contributed by atoms with Gasteiger partial charge in [0.05, 0.1) is 11.4 Å². The van der Waals surface area contributed by atoms with Crippen LogP contribution in [0.15, 0.2) is 69.6 Å². The van der Waals surface area contributed by atoms with E-state index in [9.17, 15) is 19.2 Å². The zero-order valence-electron chi connectivity index (χ0n) is 18.2. The Morgan fingerprint density at radius 2 is 0.912 bits per heavy atom. The van der Waals surface area contributed by atoms with E-state index in [0.29, 0.717) is 42.8 Å². The lowest BCUT2D eigenvalue weighted by atomic mass is 10.1. The van der Waals surface area contributed by atoms with Crippen LogP contribution in [-0.2, 0) is 9.59 Å². The van der Waals surface area contributed by atoms with Gasteiger partial charge in [-0.1, -0.05) is 0 Å². The zero-order chi connectivity index (χ0) is 24.8. The molecule has 0 radical (unpaired) electrons. The summed E-state index contributed by atoms with van der Waals surface area (Å²) in [5.41, 5.74) is 3.01. The van der Waals surface area contributed by atoms with E-state index in [0.717, 1.165) is 0 Å². The molecule has 10 heteroatoms. The average Bonchev–Trinajstić information content (AvgIpc) is 2.76. The van der Waals surface area contributed by atoms with Crippen LogP contribution in [-0.4, -0.2) is 23.6 Å². The van der Waals surface area contributed by atoms with Gasteiger partial charge in [0.1, 0.15) is 0 Å². The van der Waals surface area contributed by atoms with E-state index in [4.69, 9.17) is 0 Å². The third-order valence-electron chi connectivity index (χ3n) is 4.48. The SMILES string of the molecule is CC(=O)Nc1ccc(NC(=O)c2ccc(C(=O)Nc3ccc(NC(C)=O)cc3Br)cc2)c(Br)c1. The number of nitrogens with one attached hydrogen (secondary N) is 4. The Kier molecular flexibility index (Phi) is 8.19. The molecule has 3 rings (SSSR count). The number of halogens is 2. The third-order valence-corrected chi connectivity index (χ3v) is 5.80. The van der Waals surface area contributed by atoms with Crippen molar-refractivity contribution in [2.24, 2.45) is 0 Å². The van der Waals surface area contributed by atoms with Crippen molar-refractivity contribution in [1.29, 1.82) is 0 Å². The summed E-state index contributed by atoms with van der Waals surface area (Å²) < 4.78 is 1.22. The summed E-state index contributed by atoms with van der Waals surface area (Å²) in [5, 5.41) is 10.9. The molecule has 0 saturated carbocycles. The summed E-state index contributed by atoms with van der Waals surface area (Å²) in [6, 6.07) is 16.3. The van der Waals surface area contributed by atoms with Gasteiger partial charge in [-0.15, -0.1) is 0 Å². The first-order valence-corrected chi connectivity index (χ1v) is 11.6. The summed E-state index contributed by atoms with van der Waals surface area (Å²) in [4.78, 5) is 47.6. The third kappa shape index (κ3) is 6.75. The fraction of sp³-hybridized carbons (Fsp3) is 0.0833. The number of carbonyl (C=O) groups is 4. The van der Waals surface area contributed by atoms with Gasteiger partial charge in [-0.2, -0.15) is 0 Å². The molecule has 0 unspecified atom stereocenters. The van der Waals surface area contributed by atoms with Crippen molar-refractivity contribution in [3.8, 4) is 0 Å². The molecule has 0 aliphatic carbocycles. The highest BCUT2D eigenvalue weighted by Crippen LogP contribution is 2.28. The fourth-order valence-corrected chi connectivity index (χ4v) is 3.91. The second-order valence-electron chi connectivity index (χ2n) is 7.24. The highest BCUT2D eigenvalue weighted by Gasteiger charge is 2.13. The maximum atomic E-state index is 12.6. The van der Waals surface area contributed by atoms with Crippen LogP contribution < -0.4 is 21.3 Å². The number of anilines is 4. The van der Waals surface area contributed by atoms with Crippen LogP contribution in [0.3, 0.4) is 0 Å². The van der Waals surface area contributed by atoms with Gasteiger partial charge in [0, 0.05) is 45.3 Å². The van der Waals surface area contributed by atoms with E-state index in [1.54, 1.807) is 60.7 Å². The number of amides is 4. The quantitative estimate of drug-likeness (QED) is 0.299. The maximum Gasteiger partial charge on any atom is 0.255 e. The zero-order valence-corrected chi connectivity index (χ0v) is 21.3. The summed E-state index contributed by atoms with van der Waals surface area (Å²) >= 11 is 6.76. The van der Waals surface area contributed by atoms with E-state index in [1.165, 1.54) is 13.8 Å². The molecular formula is C24H20Br2N4O4. The van der Waals surface area contributed by atoms with Crippen LogP contribution in [0, 0.1) is 0 Å². The van der Waals surface area contributed by atoms with Gasteiger partial charge in [-0.05, 0) is 92.5 Å². The Hall–Kier alpha value is -3.50. The minimum absolute atomic E-state index is 0.192. The van der Waals surface area contributed by atoms with Crippen molar-refractivity contribution in [1.82, 2.24) is 0 Å². The minimum atomic E-state index is -0.351. The van der Waals surface area contributed by atoms with Crippen LogP contribution in [0.2, 0.25) is 0 Å². The second-order valence-corrected chi connectivity index (χ2v) is 8.95. The summed E-state index contributed by atoms with van der Waals surface area (Å²) in [6.45, 7) is 2.83. The number of carbonyl (C=O) groups excluding carboxylic acids is 4. The lowest BCUT2D eigenvalue weighted by Crippen LogP contribution is -2.15. The molecule has 0 aliphatic rings. The van der Waals surface area contributed by atoms with Gasteiger partial charge in [0.2, 0.25) is 11.8 Å². The van der Waals surface area contributed by atoms with E-state index >= 15 is 0 Å². The lowest BCUT2D eigenvalue weighted by molar-refractivity contribution is -0.115. The topological polar surface area (TPSA) is 116 Å². The van der Waals surface area contributed by atoms with Crippen LogP contribution in [0.25, 0.3) is 0 Å². The minimum Gasteiger partial charge on any atom is -0.326 e. The molecule has 3 aromatic rings. The van der Waals surface area contributed by atoms with E-state index in [2.05, 4.69) is 53.1 Å². The van der Waals surface area contributed by atoms with Crippen molar-refractivity contribution in [2.75, 3.05) is 21.3 Å². The molecule has 4 amide bonds. The number of benzene rings is 3. The molecule has 0 atom stereocenters. The normalized spacial score (nSPS) is 10.2. The van der Waals surface area contributed by atoms with Crippen LogP contribution in [0.1, 0.15) is 34.6 Å². The van der Waals surface area contributed by atoms with Gasteiger partial charge in [0.25, 0.3) is 11.8 Å². The Bertz CT molecular complexity index is 1180. The monoisotopic (exact) mass is 586 g/mol. The highest BCUT2D eigenvalue weighted by molar-refractivity contribution is 9.11. The fourth-order valence-electron chi connectivity index (χ4n) is 2.96. The van der Waals surface area contributed by atoms with Gasteiger partial charge in [0.15, 0.2) is 0 Å². The predicted octanol–water partition coefficient (Wildman–Crippen LogP) is 5.63. The molecule has 3 aromatic carbocycles. The predicted molar refractivity (Wildman–Crippen MR) is 139 cm³/mol. The first-order valence-electron chi connectivity index (χ1n) is 9.99. The Balaban J connectivity index is 1.65. The number of rotatable bonds is 6. The van der Waals surface area contributed by atoms with Crippen LogP contribution in [0.5, 0.6) is 0 Å². The maximum absolute atomic E-state index is 12.6. The molecule has 0 bridgehead atoms. The van der Waals surface area contributed by atoms with Crippen molar-refractivity contribution in [3.05, 3.63) is 80.7 Å². The number of hydrogen-bond donors (Lipinski definition) is 4. The van der Waals surface area contributed by atoms with Gasteiger partial charge < -0.3 is 21.3 Å². The molecule has 0 spiro atoms. The van der Waals surface area contributed by atoms with Gasteiger partial charge in [-0.25, -0.2) is 0 Å². The molecule has 4 N–H and O–H groups in total. The summed E-state index contributed by atoms with van der Waals surface area (Å²) in [6.07, 6.45) is 0. The molecule has 0 fully saturated rings. The van der Waals surface area contributed by atoms with Crippen molar-refractivity contribution < 1.29 is 19.2 Å². The molecular weight excluding hydrogens is 568 g/mol. The van der Waals surface area contributed by atoms with Gasteiger partial charge in [-0.3, -0.25) is 19.2 Å². The molecule has 8 nitrogen and oxygen atoms in total. The second kappa shape index (κ2) is 11.1. The average molecular weight is 588 g/mol. The molecule has 0 heterocycles. The Morgan fingerprint density at radius 3 is 1.21 bits per heavy atom. The largest absolute Gasteiger partial charge is 0.326 e. The van der Waals surface area contributed by atoms with Gasteiger partial charge >= 0.3 is 0 Å². The highest BCUT2D eigenvalue weighted by atomic mass is 79.9. The van der Waals surface area contributed by atoms with Crippen molar-refractivity contribution in [2.45, 2.75) is 13.8 Å². The molecule has 34 heavy (non-hydrogen) atoms. The Morgan fingerprint density at radius 1 is 0.559 bits per heavy atom. The van der Waals surface area contributed by atoms with E-state index < -0.39 is 0 Å². The smallest absolute Gasteiger partial charge is 0.255 e. The van der Waals surface area contributed by atoms with Crippen LogP contribution in [0.4, 0.5) is 22.7 Å². The Labute approximate surface area is 212 Å². The van der Waals surface area contributed by atoms with Crippen molar-refractivity contribution in [3.63, 3.8) is 0 Å². The van der Waals surface area contributed by atoms with Crippen LogP contribution >= 0.6 is 31.9 Å². The number of hydrogen-bond acceptors (Lipinski definition) is 4. The first-order chi connectivity index (χ1) is 16.1. The first kappa shape index (κ1) is 25.1. The molecule has 0 aromatic heterocycles.